The lowest BCUT2D eigenvalue weighted by Crippen LogP contribution is -2.18. The minimum absolute atomic E-state index is 0.0370. The Morgan fingerprint density at radius 2 is 2.25 bits per heavy atom. The van der Waals surface area contributed by atoms with E-state index in [2.05, 4.69) is 10.5 Å². The summed E-state index contributed by atoms with van der Waals surface area (Å²) in [4.78, 5) is 14.0. The Labute approximate surface area is 148 Å². The van der Waals surface area contributed by atoms with Crippen molar-refractivity contribution in [3.8, 4) is 10.6 Å². The third kappa shape index (κ3) is 4.47. The second-order valence-corrected chi connectivity index (χ2v) is 6.76. The molecule has 124 valence electrons. The lowest BCUT2D eigenvalue weighted by Gasteiger charge is -2.06. The molecule has 0 unspecified atom stereocenters. The summed E-state index contributed by atoms with van der Waals surface area (Å²) in [5, 5.41) is 8.74. The number of rotatable bonds is 7. The molecule has 5 nitrogen and oxygen atoms in total. The van der Waals surface area contributed by atoms with Crippen molar-refractivity contribution in [2.24, 2.45) is 0 Å². The standard InChI is InChI=1S/C17H16N2O3S2/c1-23-14-5-2-4-12(8-14)18-17(20)11-21-10-13-9-15(22-19-13)16-6-3-7-24-16/h2-9H,10-11H2,1H3,(H,18,20). The van der Waals surface area contributed by atoms with Crippen LogP contribution in [0.1, 0.15) is 5.69 Å². The van der Waals surface area contributed by atoms with E-state index in [1.165, 1.54) is 0 Å². The zero-order valence-corrected chi connectivity index (χ0v) is 14.7. The van der Waals surface area contributed by atoms with E-state index >= 15 is 0 Å². The lowest BCUT2D eigenvalue weighted by molar-refractivity contribution is -0.121. The third-order valence-corrected chi connectivity index (χ3v) is 4.77. The van der Waals surface area contributed by atoms with Crippen LogP contribution in [0.2, 0.25) is 0 Å². The van der Waals surface area contributed by atoms with Gasteiger partial charge < -0.3 is 14.6 Å². The molecule has 0 atom stereocenters. The zero-order chi connectivity index (χ0) is 16.8. The quantitative estimate of drug-likeness (QED) is 0.637. The van der Waals surface area contributed by atoms with Crippen LogP contribution in [0.4, 0.5) is 5.69 Å². The van der Waals surface area contributed by atoms with Crippen molar-refractivity contribution in [3.05, 3.63) is 53.5 Å². The Morgan fingerprint density at radius 3 is 3.04 bits per heavy atom. The molecule has 0 saturated carbocycles. The number of thioether (sulfide) groups is 1. The highest BCUT2D eigenvalue weighted by Crippen LogP contribution is 2.25. The van der Waals surface area contributed by atoms with Gasteiger partial charge in [-0.3, -0.25) is 4.79 Å². The number of nitrogens with one attached hydrogen (secondary N) is 1. The molecule has 1 aromatic carbocycles. The van der Waals surface area contributed by atoms with E-state index < -0.39 is 0 Å². The van der Waals surface area contributed by atoms with Crippen molar-refractivity contribution in [1.82, 2.24) is 5.16 Å². The number of hydrogen-bond acceptors (Lipinski definition) is 6. The first kappa shape index (κ1) is 16.8. The lowest BCUT2D eigenvalue weighted by atomic mass is 10.3. The van der Waals surface area contributed by atoms with Crippen LogP contribution in [0.5, 0.6) is 0 Å². The molecule has 0 aliphatic carbocycles. The molecule has 1 N–H and O–H groups in total. The van der Waals surface area contributed by atoms with Crippen molar-refractivity contribution >= 4 is 34.7 Å². The summed E-state index contributed by atoms with van der Waals surface area (Å²) in [6.45, 7) is 0.192. The first-order chi connectivity index (χ1) is 11.7. The fourth-order valence-electron chi connectivity index (χ4n) is 2.06. The van der Waals surface area contributed by atoms with E-state index in [9.17, 15) is 4.79 Å². The minimum Gasteiger partial charge on any atom is -0.365 e. The summed E-state index contributed by atoms with van der Waals surface area (Å²) in [5.41, 5.74) is 1.42. The van der Waals surface area contributed by atoms with Gasteiger partial charge in [0.2, 0.25) is 5.91 Å². The zero-order valence-electron chi connectivity index (χ0n) is 13.0. The van der Waals surface area contributed by atoms with Crippen LogP contribution in [0.15, 0.2) is 57.3 Å². The van der Waals surface area contributed by atoms with Crippen LogP contribution in [0, 0.1) is 0 Å². The number of thiophene rings is 1. The Hall–Kier alpha value is -2.09. The number of carbonyl (C=O) groups is 1. The second-order valence-electron chi connectivity index (χ2n) is 4.93. The van der Waals surface area contributed by atoms with E-state index in [1.807, 2.05) is 54.1 Å². The Morgan fingerprint density at radius 1 is 1.33 bits per heavy atom. The number of amides is 1. The van der Waals surface area contributed by atoms with Gasteiger partial charge in [0.15, 0.2) is 5.76 Å². The maximum Gasteiger partial charge on any atom is 0.250 e. The molecule has 24 heavy (non-hydrogen) atoms. The van der Waals surface area contributed by atoms with E-state index in [-0.39, 0.29) is 19.1 Å². The number of anilines is 1. The molecule has 7 heteroatoms. The third-order valence-electron chi connectivity index (χ3n) is 3.16. The number of benzene rings is 1. The van der Waals surface area contributed by atoms with E-state index in [0.717, 1.165) is 15.5 Å². The number of carbonyl (C=O) groups excluding carboxylic acids is 1. The number of hydrogen-bond donors (Lipinski definition) is 1. The Bertz CT molecular complexity index is 800. The Kier molecular flexibility index (Phi) is 5.68. The first-order valence-corrected chi connectivity index (χ1v) is 9.36. The summed E-state index contributed by atoms with van der Waals surface area (Å²) < 4.78 is 10.7. The number of aromatic nitrogens is 1. The van der Waals surface area contributed by atoms with Gasteiger partial charge in [0.05, 0.1) is 11.5 Å². The molecule has 0 radical (unpaired) electrons. The molecule has 0 spiro atoms. The highest BCUT2D eigenvalue weighted by atomic mass is 32.2. The average molecular weight is 360 g/mol. The predicted octanol–water partition coefficient (Wildman–Crippen LogP) is 4.28. The van der Waals surface area contributed by atoms with Gasteiger partial charge in [-0.2, -0.15) is 0 Å². The minimum atomic E-state index is -0.199. The van der Waals surface area contributed by atoms with Crippen molar-refractivity contribution in [3.63, 3.8) is 0 Å². The Balaban J connectivity index is 1.46. The molecule has 0 bridgehead atoms. The fraction of sp³-hybridized carbons (Fsp3) is 0.176. The summed E-state index contributed by atoms with van der Waals surface area (Å²) in [6, 6.07) is 13.4. The highest BCUT2D eigenvalue weighted by molar-refractivity contribution is 7.98. The van der Waals surface area contributed by atoms with Gasteiger partial charge in [0.1, 0.15) is 12.3 Å². The van der Waals surface area contributed by atoms with E-state index in [1.54, 1.807) is 23.1 Å². The monoisotopic (exact) mass is 360 g/mol. The van der Waals surface area contributed by atoms with Gasteiger partial charge in [-0.1, -0.05) is 17.3 Å². The van der Waals surface area contributed by atoms with Gasteiger partial charge in [0.25, 0.3) is 0 Å². The van der Waals surface area contributed by atoms with Crippen LogP contribution in [-0.4, -0.2) is 23.9 Å². The van der Waals surface area contributed by atoms with E-state index in [0.29, 0.717) is 11.5 Å². The summed E-state index contributed by atoms with van der Waals surface area (Å²) in [7, 11) is 0. The molecule has 3 aromatic rings. The molecule has 1 amide bonds. The predicted molar refractivity (Wildman–Crippen MR) is 96.3 cm³/mol. The molecule has 3 rings (SSSR count). The maximum atomic E-state index is 11.9. The first-order valence-electron chi connectivity index (χ1n) is 7.26. The van der Waals surface area contributed by atoms with Crippen LogP contribution in [0.25, 0.3) is 10.6 Å². The van der Waals surface area contributed by atoms with Gasteiger partial charge in [-0.15, -0.1) is 23.1 Å². The normalized spacial score (nSPS) is 10.7. The fourth-order valence-corrected chi connectivity index (χ4v) is 3.19. The van der Waals surface area contributed by atoms with Crippen molar-refractivity contribution in [1.29, 1.82) is 0 Å². The molecule has 2 heterocycles. The second kappa shape index (κ2) is 8.14. The summed E-state index contributed by atoms with van der Waals surface area (Å²) >= 11 is 3.21. The summed E-state index contributed by atoms with van der Waals surface area (Å²) in [6.07, 6.45) is 1.99. The molecule has 0 aliphatic rings. The maximum absolute atomic E-state index is 11.9. The number of ether oxygens (including phenoxy) is 1. The number of nitrogens with zero attached hydrogens (tertiary/aromatic N) is 1. The van der Waals surface area contributed by atoms with Gasteiger partial charge in [-0.05, 0) is 35.9 Å². The van der Waals surface area contributed by atoms with Crippen molar-refractivity contribution < 1.29 is 14.1 Å². The molecule has 0 saturated heterocycles. The molecule has 0 aliphatic heterocycles. The average Bonchev–Trinajstić information content (AvgIpc) is 3.26. The van der Waals surface area contributed by atoms with Crippen LogP contribution < -0.4 is 5.32 Å². The van der Waals surface area contributed by atoms with Gasteiger partial charge >= 0.3 is 0 Å². The SMILES string of the molecule is CSc1cccc(NC(=O)COCc2cc(-c3cccs3)on2)c1. The molecule has 0 fully saturated rings. The smallest absolute Gasteiger partial charge is 0.250 e. The van der Waals surface area contributed by atoms with Crippen molar-refractivity contribution in [2.75, 3.05) is 18.2 Å². The highest BCUT2D eigenvalue weighted by Gasteiger charge is 2.09. The van der Waals surface area contributed by atoms with Crippen molar-refractivity contribution in [2.45, 2.75) is 11.5 Å². The van der Waals surface area contributed by atoms with E-state index in [4.69, 9.17) is 9.26 Å². The topological polar surface area (TPSA) is 64.4 Å². The molecule has 2 aromatic heterocycles. The molecular formula is C17H16N2O3S2. The molecular weight excluding hydrogens is 344 g/mol. The largest absolute Gasteiger partial charge is 0.365 e. The van der Waals surface area contributed by atoms with Crippen LogP contribution in [-0.2, 0) is 16.1 Å². The van der Waals surface area contributed by atoms with Gasteiger partial charge in [0, 0.05) is 16.6 Å². The van der Waals surface area contributed by atoms with Crippen LogP contribution >= 0.6 is 23.1 Å². The van der Waals surface area contributed by atoms with Crippen LogP contribution in [0.3, 0.4) is 0 Å². The summed E-state index contributed by atoms with van der Waals surface area (Å²) in [5.74, 6) is 0.511. The van der Waals surface area contributed by atoms with Gasteiger partial charge in [-0.25, -0.2) is 0 Å².